The summed E-state index contributed by atoms with van der Waals surface area (Å²) in [6.45, 7) is 7.26. The van der Waals surface area contributed by atoms with Gasteiger partial charge in [0, 0.05) is 12.2 Å². The number of amides is 1. The molecule has 0 bridgehead atoms. The summed E-state index contributed by atoms with van der Waals surface area (Å²) in [7, 11) is 0. The number of carbonyl (C=O) groups excluding carboxylic acids is 1. The van der Waals surface area contributed by atoms with E-state index in [1.807, 2.05) is 4.90 Å². The number of nitrogens with zero attached hydrogens (tertiary/aromatic N) is 2. The maximum atomic E-state index is 12.8. The van der Waals surface area contributed by atoms with Crippen LogP contribution in [0.25, 0.3) is 0 Å². The molecule has 0 saturated carbocycles. The van der Waals surface area contributed by atoms with Gasteiger partial charge in [0.05, 0.1) is 6.04 Å². The predicted molar refractivity (Wildman–Crippen MR) is 89.3 cm³/mol. The third-order valence-corrected chi connectivity index (χ3v) is 4.72. The van der Waals surface area contributed by atoms with E-state index in [1.165, 1.54) is 30.4 Å². The minimum atomic E-state index is 0. The van der Waals surface area contributed by atoms with Crippen LogP contribution in [-0.2, 0) is 4.79 Å². The molecule has 1 aromatic carbocycles. The smallest absolute Gasteiger partial charge is 0.244 e. The number of piperidine rings is 1. The molecular formula is C17H25ClN2O. The number of halogens is 1. The number of carbonyl (C=O) groups is 1. The van der Waals surface area contributed by atoms with Crippen molar-refractivity contribution < 1.29 is 4.79 Å². The van der Waals surface area contributed by atoms with Crippen molar-refractivity contribution in [1.29, 1.82) is 0 Å². The molecule has 116 valence electrons. The van der Waals surface area contributed by atoms with Gasteiger partial charge in [-0.25, -0.2) is 0 Å². The Balaban J connectivity index is 0.00000161. The molecule has 1 unspecified atom stereocenters. The lowest BCUT2D eigenvalue weighted by Gasteiger charge is -2.31. The minimum Gasteiger partial charge on any atom is -0.310 e. The van der Waals surface area contributed by atoms with E-state index in [0.29, 0.717) is 5.91 Å². The molecule has 2 aliphatic heterocycles. The molecule has 0 aromatic heterocycles. The number of hydrogen-bond donors (Lipinski definition) is 0. The zero-order valence-corrected chi connectivity index (χ0v) is 13.8. The fourth-order valence-electron chi connectivity index (χ4n) is 3.69. The molecule has 0 spiro atoms. The first kappa shape index (κ1) is 16.3. The molecule has 2 fully saturated rings. The molecule has 1 atom stereocenters. The van der Waals surface area contributed by atoms with Gasteiger partial charge in [0.1, 0.15) is 0 Å². The Hall–Kier alpha value is -1.06. The van der Waals surface area contributed by atoms with E-state index in [-0.39, 0.29) is 18.4 Å². The first-order valence-electron chi connectivity index (χ1n) is 7.80. The topological polar surface area (TPSA) is 23.6 Å². The lowest BCUT2D eigenvalue weighted by molar-refractivity contribution is -0.122. The van der Waals surface area contributed by atoms with Gasteiger partial charge in [0.25, 0.3) is 0 Å². The van der Waals surface area contributed by atoms with Gasteiger partial charge in [-0.05, 0) is 57.3 Å². The summed E-state index contributed by atoms with van der Waals surface area (Å²) < 4.78 is 0. The molecule has 3 rings (SSSR count). The van der Waals surface area contributed by atoms with Gasteiger partial charge in [0.15, 0.2) is 0 Å². The van der Waals surface area contributed by atoms with Crippen LogP contribution < -0.4 is 4.90 Å². The van der Waals surface area contributed by atoms with Crippen LogP contribution in [0.4, 0.5) is 5.69 Å². The van der Waals surface area contributed by atoms with Crippen LogP contribution in [-0.4, -0.2) is 36.5 Å². The van der Waals surface area contributed by atoms with E-state index >= 15 is 0 Å². The van der Waals surface area contributed by atoms with Crippen molar-refractivity contribution in [3.63, 3.8) is 0 Å². The van der Waals surface area contributed by atoms with Gasteiger partial charge in [-0.1, -0.05) is 24.6 Å². The second-order valence-corrected chi connectivity index (χ2v) is 6.13. The maximum Gasteiger partial charge on any atom is 0.244 e. The number of benzene rings is 1. The normalized spacial score (nSPS) is 23.2. The third-order valence-electron chi connectivity index (χ3n) is 4.72. The second-order valence-electron chi connectivity index (χ2n) is 6.13. The number of anilines is 1. The fourth-order valence-corrected chi connectivity index (χ4v) is 3.69. The zero-order chi connectivity index (χ0) is 14.1. The van der Waals surface area contributed by atoms with Gasteiger partial charge in [-0.3, -0.25) is 9.69 Å². The van der Waals surface area contributed by atoms with Crippen molar-refractivity contribution in [2.24, 2.45) is 0 Å². The van der Waals surface area contributed by atoms with E-state index in [2.05, 4.69) is 36.9 Å². The van der Waals surface area contributed by atoms with E-state index < -0.39 is 0 Å². The summed E-state index contributed by atoms with van der Waals surface area (Å²) in [5, 5.41) is 0. The number of hydrogen-bond acceptors (Lipinski definition) is 2. The summed E-state index contributed by atoms with van der Waals surface area (Å²) in [6, 6.07) is 6.39. The van der Waals surface area contributed by atoms with E-state index in [9.17, 15) is 4.79 Å². The molecule has 0 aliphatic carbocycles. The van der Waals surface area contributed by atoms with Crippen molar-refractivity contribution >= 4 is 24.0 Å². The Kier molecular flexibility index (Phi) is 5.28. The average molecular weight is 309 g/mol. The highest BCUT2D eigenvalue weighted by Gasteiger charge is 2.37. The Bertz CT molecular complexity index is 491. The Morgan fingerprint density at radius 3 is 2.24 bits per heavy atom. The number of rotatable bonds is 2. The molecule has 2 aliphatic rings. The standard InChI is InChI=1S/C17H24N2O.ClH/c1-13-7-6-8-14(2)16(13)19-12-9-15(17(19)20)18-10-4-3-5-11-18;/h6-8,15H,3-5,9-12H2,1-2H3;1H. The number of likely N-dealkylation sites (tertiary alicyclic amines) is 1. The molecule has 1 amide bonds. The van der Waals surface area contributed by atoms with Crippen molar-refractivity contribution in [3.8, 4) is 0 Å². The highest BCUT2D eigenvalue weighted by Crippen LogP contribution is 2.31. The molecule has 0 N–H and O–H groups in total. The van der Waals surface area contributed by atoms with Crippen molar-refractivity contribution in [3.05, 3.63) is 29.3 Å². The third kappa shape index (κ3) is 3.09. The SMILES string of the molecule is Cc1cccc(C)c1N1CCC(N2CCCCC2)C1=O.Cl. The molecule has 2 saturated heterocycles. The number of para-hydroxylation sites is 1. The van der Waals surface area contributed by atoms with Gasteiger partial charge < -0.3 is 4.90 Å². The molecule has 21 heavy (non-hydrogen) atoms. The summed E-state index contributed by atoms with van der Waals surface area (Å²) in [5.74, 6) is 0.310. The van der Waals surface area contributed by atoms with E-state index in [4.69, 9.17) is 0 Å². The summed E-state index contributed by atoms with van der Waals surface area (Å²) in [4.78, 5) is 17.2. The Labute approximate surface area is 133 Å². The molecule has 0 radical (unpaired) electrons. The largest absolute Gasteiger partial charge is 0.310 e. The van der Waals surface area contributed by atoms with Crippen LogP contribution in [0.3, 0.4) is 0 Å². The van der Waals surface area contributed by atoms with Crippen LogP contribution in [0, 0.1) is 13.8 Å². The fraction of sp³-hybridized carbons (Fsp3) is 0.588. The Morgan fingerprint density at radius 1 is 1.00 bits per heavy atom. The van der Waals surface area contributed by atoms with E-state index in [0.717, 1.165) is 31.7 Å². The van der Waals surface area contributed by atoms with Crippen molar-refractivity contribution in [1.82, 2.24) is 4.90 Å². The van der Waals surface area contributed by atoms with Gasteiger partial charge in [0.2, 0.25) is 5.91 Å². The monoisotopic (exact) mass is 308 g/mol. The van der Waals surface area contributed by atoms with Crippen molar-refractivity contribution in [2.75, 3.05) is 24.5 Å². The quantitative estimate of drug-likeness (QED) is 0.837. The summed E-state index contributed by atoms with van der Waals surface area (Å²) in [6.07, 6.45) is 4.78. The summed E-state index contributed by atoms with van der Waals surface area (Å²) in [5.41, 5.74) is 3.55. The predicted octanol–water partition coefficient (Wildman–Crippen LogP) is 3.32. The first-order chi connectivity index (χ1) is 9.68. The number of aryl methyl sites for hydroxylation is 2. The zero-order valence-electron chi connectivity index (χ0n) is 13.0. The van der Waals surface area contributed by atoms with E-state index in [1.54, 1.807) is 0 Å². The highest BCUT2D eigenvalue weighted by atomic mass is 35.5. The van der Waals surface area contributed by atoms with Crippen LogP contribution in [0.15, 0.2) is 18.2 Å². The lowest BCUT2D eigenvalue weighted by Crippen LogP contribution is -2.44. The van der Waals surface area contributed by atoms with Gasteiger partial charge in [-0.15, -0.1) is 12.4 Å². The maximum absolute atomic E-state index is 12.8. The molecule has 4 heteroatoms. The molecule has 1 aromatic rings. The van der Waals surface area contributed by atoms with Gasteiger partial charge >= 0.3 is 0 Å². The molecular weight excluding hydrogens is 284 g/mol. The summed E-state index contributed by atoms with van der Waals surface area (Å²) >= 11 is 0. The van der Waals surface area contributed by atoms with Gasteiger partial charge in [-0.2, -0.15) is 0 Å². The highest BCUT2D eigenvalue weighted by molar-refractivity contribution is 6.00. The minimum absolute atomic E-state index is 0. The van der Waals surface area contributed by atoms with Crippen LogP contribution in [0.1, 0.15) is 36.8 Å². The molecule has 3 nitrogen and oxygen atoms in total. The van der Waals surface area contributed by atoms with Crippen LogP contribution >= 0.6 is 12.4 Å². The van der Waals surface area contributed by atoms with Crippen LogP contribution in [0.2, 0.25) is 0 Å². The average Bonchev–Trinajstić information content (AvgIpc) is 2.82. The lowest BCUT2D eigenvalue weighted by atomic mass is 10.1. The Morgan fingerprint density at radius 2 is 1.62 bits per heavy atom. The second kappa shape index (κ2) is 6.80. The first-order valence-corrected chi connectivity index (χ1v) is 7.80. The molecule has 2 heterocycles. The van der Waals surface area contributed by atoms with Crippen molar-refractivity contribution in [2.45, 2.75) is 45.6 Å². The van der Waals surface area contributed by atoms with Crippen LogP contribution in [0.5, 0.6) is 0 Å².